The molecule has 9 heteroatoms. The first-order chi connectivity index (χ1) is 14.0. The molecule has 1 N–H and O–H groups in total. The van der Waals surface area contributed by atoms with Gasteiger partial charge in [0.05, 0.1) is 30.3 Å². The van der Waals surface area contributed by atoms with E-state index in [0.717, 1.165) is 26.2 Å². The molecule has 0 aromatic heterocycles. The van der Waals surface area contributed by atoms with Gasteiger partial charge in [-0.05, 0) is 18.2 Å². The Morgan fingerprint density at radius 1 is 1.10 bits per heavy atom. The molecule has 2 heterocycles. The van der Waals surface area contributed by atoms with Crippen molar-refractivity contribution in [2.24, 2.45) is 0 Å². The Bertz CT molecular complexity index is 768. The van der Waals surface area contributed by atoms with Crippen molar-refractivity contribution in [2.45, 2.75) is 6.42 Å². The smallest absolute Gasteiger partial charge is 0.236 e. The minimum atomic E-state index is -0.100. The average molecular weight is 420 g/mol. The molecular formula is C20H26ClN5O3. The number of morpholine rings is 1. The monoisotopic (exact) mass is 419 g/mol. The van der Waals surface area contributed by atoms with Gasteiger partial charge in [-0.3, -0.25) is 19.4 Å². The summed E-state index contributed by atoms with van der Waals surface area (Å²) in [6, 6.07) is 6.83. The molecule has 0 aliphatic carbocycles. The number of carbonyl (C=O) groups excluding carboxylic acids is 2. The molecule has 156 valence electrons. The van der Waals surface area contributed by atoms with Gasteiger partial charge in [-0.15, -0.1) is 0 Å². The molecule has 2 amide bonds. The first-order valence-electron chi connectivity index (χ1n) is 9.85. The summed E-state index contributed by atoms with van der Waals surface area (Å²) >= 11 is 5.99. The molecule has 0 saturated carbocycles. The van der Waals surface area contributed by atoms with Crippen LogP contribution in [0.15, 0.2) is 18.2 Å². The molecule has 1 aromatic carbocycles. The van der Waals surface area contributed by atoms with Crippen LogP contribution in [0.2, 0.25) is 5.02 Å². The summed E-state index contributed by atoms with van der Waals surface area (Å²) in [5.41, 5.74) is 0.961. The van der Waals surface area contributed by atoms with Gasteiger partial charge in [-0.25, -0.2) is 0 Å². The standard InChI is InChI=1S/C20H26ClN5O3/c21-18-13-17(2-1-16(18)14-22)23-19(27)3-4-24-5-7-26(8-6-24)20(28)15-25-9-11-29-12-10-25/h1-2,13H,3-12,15H2,(H,23,27). The molecule has 0 atom stereocenters. The van der Waals surface area contributed by atoms with E-state index >= 15 is 0 Å². The number of rotatable bonds is 6. The van der Waals surface area contributed by atoms with Crippen LogP contribution < -0.4 is 5.32 Å². The lowest BCUT2D eigenvalue weighted by Crippen LogP contribution is -2.52. The summed E-state index contributed by atoms with van der Waals surface area (Å²) in [6.45, 7) is 7.02. The third kappa shape index (κ3) is 6.41. The molecular weight excluding hydrogens is 394 g/mol. The van der Waals surface area contributed by atoms with Gasteiger partial charge in [0.2, 0.25) is 11.8 Å². The molecule has 0 unspecified atom stereocenters. The maximum Gasteiger partial charge on any atom is 0.236 e. The van der Waals surface area contributed by atoms with Gasteiger partial charge in [0.1, 0.15) is 6.07 Å². The van der Waals surface area contributed by atoms with Crippen LogP contribution in [0.25, 0.3) is 0 Å². The van der Waals surface area contributed by atoms with Crippen molar-refractivity contribution >= 4 is 29.1 Å². The molecule has 0 radical (unpaired) electrons. The molecule has 8 nitrogen and oxygen atoms in total. The fourth-order valence-corrected chi connectivity index (χ4v) is 3.66. The zero-order valence-electron chi connectivity index (χ0n) is 16.4. The lowest BCUT2D eigenvalue weighted by atomic mass is 10.2. The Morgan fingerprint density at radius 3 is 2.48 bits per heavy atom. The van der Waals surface area contributed by atoms with Crippen molar-refractivity contribution in [1.82, 2.24) is 14.7 Å². The Balaban J connectivity index is 1.36. The topological polar surface area (TPSA) is 88.9 Å². The van der Waals surface area contributed by atoms with Gasteiger partial charge in [0.15, 0.2) is 0 Å². The van der Waals surface area contributed by atoms with Crippen LogP contribution in [0, 0.1) is 11.3 Å². The Hall–Kier alpha value is -2.18. The number of carbonyl (C=O) groups is 2. The molecule has 29 heavy (non-hydrogen) atoms. The summed E-state index contributed by atoms with van der Waals surface area (Å²) in [5.74, 6) is 0.0681. The number of nitrogens with zero attached hydrogens (tertiary/aromatic N) is 4. The van der Waals surface area contributed by atoms with Crippen molar-refractivity contribution in [3.8, 4) is 6.07 Å². The van der Waals surface area contributed by atoms with Gasteiger partial charge in [0, 0.05) is 57.9 Å². The number of nitriles is 1. The fourth-order valence-electron chi connectivity index (χ4n) is 3.44. The van der Waals surface area contributed by atoms with Gasteiger partial charge < -0.3 is 15.0 Å². The maximum atomic E-state index is 12.4. The molecule has 2 aliphatic rings. The molecule has 0 spiro atoms. The number of nitrogens with one attached hydrogen (secondary N) is 1. The molecule has 1 aromatic rings. The van der Waals surface area contributed by atoms with E-state index in [1.165, 1.54) is 0 Å². The zero-order chi connectivity index (χ0) is 20.6. The van der Waals surface area contributed by atoms with Crippen molar-refractivity contribution in [1.29, 1.82) is 5.26 Å². The van der Waals surface area contributed by atoms with E-state index in [-0.39, 0.29) is 11.8 Å². The number of anilines is 1. The number of ether oxygens (including phenoxy) is 1. The summed E-state index contributed by atoms with van der Waals surface area (Å²) in [4.78, 5) is 30.9. The third-order valence-corrected chi connectivity index (χ3v) is 5.53. The molecule has 2 aliphatic heterocycles. The Labute approximate surface area is 175 Å². The highest BCUT2D eigenvalue weighted by Gasteiger charge is 2.23. The number of hydrogen-bond acceptors (Lipinski definition) is 6. The second kappa shape index (κ2) is 10.6. The summed E-state index contributed by atoms with van der Waals surface area (Å²) in [6.07, 6.45) is 0.360. The van der Waals surface area contributed by atoms with Crippen LogP contribution in [-0.4, -0.2) is 92.1 Å². The van der Waals surface area contributed by atoms with E-state index in [4.69, 9.17) is 21.6 Å². The van der Waals surface area contributed by atoms with Crippen molar-refractivity contribution in [3.63, 3.8) is 0 Å². The highest BCUT2D eigenvalue weighted by molar-refractivity contribution is 6.32. The van der Waals surface area contributed by atoms with Crippen LogP contribution in [-0.2, 0) is 14.3 Å². The summed E-state index contributed by atoms with van der Waals surface area (Å²) < 4.78 is 5.32. The van der Waals surface area contributed by atoms with E-state index in [0.29, 0.717) is 62.1 Å². The second-order valence-electron chi connectivity index (χ2n) is 7.22. The number of hydrogen-bond donors (Lipinski definition) is 1. The number of amides is 2. The van der Waals surface area contributed by atoms with Crippen molar-refractivity contribution in [2.75, 3.05) is 70.9 Å². The van der Waals surface area contributed by atoms with E-state index in [9.17, 15) is 9.59 Å². The van der Waals surface area contributed by atoms with E-state index in [2.05, 4.69) is 15.1 Å². The number of piperazine rings is 1. The average Bonchev–Trinajstić information content (AvgIpc) is 2.73. The predicted molar refractivity (Wildman–Crippen MR) is 110 cm³/mol. The maximum absolute atomic E-state index is 12.4. The SMILES string of the molecule is N#Cc1ccc(NC(=O)CCN2CCN(C(=O)CN3CCOCC3)CC2)cc1Cl. The quantitative estimate of drug-likeness (QED) is 0.740. The van der Waals surface area contributed by atoms with Crippen molar-refractivity contribution < 1.29 is 14.3 Å². The van der Waals surface area contributed by atoms with Crippen LogP contribution in [0.4, 0.5) is 5.69 Å². The Morgan fingerprint density at radius 2 is 1.83 bits per heavy atom. The van der Waals surface area contributed by atoms with Gasteiger partial charge in [-0.1, -0.05) is 11.6 Å². The predicted octanol–water partition coefficient (Wildman–Crippen LogP) is 1.02. The molecule has 3 rings (SSSR count). The molecule has 2 fully saturated rings. The normalized spacial score (nSPS) is 18.3. The van der Waals surface area contributed by atoms with Crippen LogP contribution in [0.5, 0.6) is 0 Å². The van der Waals surface area contributed by atoms with Gasteiger partial charge in [0.25, 0.3) is 0 Å². The highest BCUT2D eigenvalue weighted by atomic mass is 35.5. The van der Waals surface area contributed by atoms with Crippen LogP contribution >= 0.6 is 11.6 Å². The highest BCUT2D eigenvalue weighted by Crippen LogP contribution is 2.20. The second-order valence-corrected chi connectivity index (χ2v) is 7.62. The van der Waals surface area contributed by atoms with E-state index in [1.54, 1.807) is 18.2 Å². The minimum Gasteiger partial charge on any atom is -0.379 e. The van der Waals surface area contributed by atoms with E-state index < -0.39 is 0 Å². The number of halogens is 1. The molecule has 0 bridgehead atoms. The Kier molecular flexibility index (Phi) is 7.83. The number of benzene rings is 1. The summed E-state index contributed by atoms with van der Waals surface area (Å²) in [7, 11) is 0. The third-order valence-electron chi connectivity index (χ3n) is 5.22. The van der Waals surface area contributed by atoms with Gasteiger partial charge in [-0.2, -0.15) is 5.26 Å². The minimum absolute atomic E-state index is 0.100. The first kappa shape index (κ1) is 21.5. The van der Waals surface area contributed by atoms with Crippen LogP contribution in [0.3, 0.4) is 0 Å². The lowest BCUT2D eigenvalue weighted by Gasteiger charge is -2.36. The van der Waals surface area contributed by atoms with Gasteiger partial charge >= 0.3 is 0 Å². The lowest BCUT2D eigenvalue weighted by molar-refractivity contribution is -0.135. The summed E-state index contributed by atoms with van der Waals surface area (Å²) in [5, 5.41) is 12.0. The van der Waals surface area contributed by atoms with Crippen molar-refractivity contribution in [3.05, 3.63) is 28.8 Å². The first-order valence-corrected chi connectivity index (χ1v) is 10.2. The van der Waals surface area contributed by atoms with E-state index in [1.807, 2.05) is 11.0 Å². The van der Waals surface area contributed by atoms with Crippen LogP contribution in [0.1, 0.15) is 12.0 Å². The molecule has 2 saturated heterocycles. The largest absolute Gasteiger partial charge is 0.379 e. The fraction of sp³-hybridized carbons (Fsp3) is 0.550. The zero-order valence-corrected chi connectivity index (χ0v) is 17.2.